The van der Waals surface area contributed by atoms with Crippen LogP contribution in [0.15, 0.2) is 24.3 Å². The molecule has 4 heteroatoms. The lowest BCUT2D eigenvalue weighted by molar-refractivity contribution is -0.120. The van der Waals surface area contributed by atoms with Crippen molar-refractivity contribution in [1.29, 1.82) is 0 Å². The number of fused-ring (bicyclic) bond motifs is 1. The van der Waals surface area contributed by atoms with E-state index in [0.717, 1.165) is 49.0 Å². The van der Waals surface area contributed by atoms with Crippen molar-refractivity contribution < 1.29 is 9.59 Å². The highest BCUT2D eigenvalue weighted by molar-refractivity contribution is 5.97. The first-order chi connectivity index (χ1) is 10.2. The van der Waals surface area contributed by atoms with E-state index >= 15 is 0 Å². The first kappa shape index (κ1) is 12.9. The zero-order valence-electron chi connectivity index (χ0n) is 12.0. The van der Waals surface area contributed by atoms with E-state index in [1.165, 1.54) is 6.42 Å². The van der Waals surface area contributed by atoms with Gasteiger partial charge in [-0.25, -0.2) is 0 Å². The first-order valence-electron chi connectivity index (χ1n) is 7.92. The van der Waals surface area contributed by atoms with Crippen molar-refractivity contribution in [2.24, 2.45) is 17.8 Å². The van der Waals surface area contributed by atoms with Gasteiger partial charge in [0.2, 0.25) is 11.8 Å². The Morgan fingerprint density at radius 1 is 1.19 bits per heavy atom. The van der Waals surface area contributed by atoms with Crippen molar-refractivity contribution in [2.75, 3.05) is 16.8 Å². The summed E-state index contributed by atoms with van der Waals surface area (Å²) in [6, 6.07) is 7.65. The molecule has 1 heterocycles. The predicted octanol–water partition coefficient (Wildman–Crippen LogP) is 2.80. The van der Waals surface area contributed by atoms with E-state index in [0.29, 0.717) is 6.42 Å². The Kier molecular flexibility index (Phi) is 2.98. The minimum Gasteiger partial charge on any atom is -0.326 e. The summed E-state index contributed by atoms with van der Waals surface area (Å²) in [5.41, 5.74) is 1.70. The van der Waals surface area contributed by atoms with Gasteiger partial charge in [0.15, 0.2) is 0 Å². The van der Waals surface area contributed by atoms with E-state index in [9.17, 15) is 9.59 Å². The summed E-state index contributed by atoms with van der Waals surface area (Å²) >= 11 is 0. The number of carbonyl (C=O) groups excluding carboxylic acids is 2. The summed E-state index contributed by atoms with van der Waals surface area (Å²) in [4.78, 5) is 25.9. The molecule has 3 fully saturated rings. The normalized spacial score (nSPS) is 30.4. The van der Waals surface area contributed by atoms with E-state index in [1.807, 2.05) is 24.3 Å². The van der Waals surface area contributed by atoms with Gasteiger partial charge >= 0.3 is 0 Å². The van der Waals surface area contributed by atoms with Crippen molar-refractivity contribution in [3.63, 3.8) is 0 Å². The fourth-order valence-corrected chi connectivity index (χ4v) is 3.85. The molecule has 2 amide bonds. The molecular formula is C17H20N2O2. The Hall–Kier alpha value is -1.84. The van der Waals surface area contributed by atoms with Crippen LogP contribution < -0.4 is 10.2 Å². The van der Waals surface area contributed by atoms with Gasteiger partial charge in [-0.1, -0.05) is 6.07 Å². The van der Waals surface area contributed by atoms with Crippen LogP contribution >= 0.6 is 0 Å². The number of nitrogens with one attached hydrogen (secondary N) is 1. The summed E-state index contributed by atoms with van der Waals surface area (Å²) in [5.74, 6) is 2.14. The van der Waals surface area contributed by atoms with Crippen LogP contribution in [-0.2, 0) is 9.59 Å². The highest BCUT2D eigenvalue weighted by atomic mass is 16.2. The minimum absolute atomic E-state index is 0.145. The van der Waals surface area contributed by atoms with Gasteiger partial charge in [-0.05, 0) is 55.7 Å². The number of benzene rings is 1. The van der Waals surface area contributed by atoms with Gasteiger partial charge in [-0.15, -0.1) is 0 Å². The maximum atomic E-state index is 12.3. The van der Waals surface area contributed by atoms with Crippen molar-refractivity contribution in [2.45, 2.75) is 32.1 Å². The summed E-state index contributed by atoms with van der Waals surface area (Å²) in [5, 5.41) is 3.03. The SMILES string of the molecule is O=C(Nc1cccc(N2CCCC2=O)c1)C1CC2CC2C1. The molecule has 2 aliphatic carbocycles. The molecule has 0 radical (unpaired) electrons. The lowest BCUT2D eigenvalue weighted by Crippen LogP contribution is -2.24. The zero-order chi connectivity index (χ0) is 14.4. The quantitative estimate of drug-likeness (QED) is 0.928. The van der Waals surface area contributed by atoms with Gasteiger partial charge in [0.1, 0.15) is 0 Å². The van der Waals surface area contributed by atoms with Gasteiger partial charge in [0, 0.05) is 30.3 Å². The van der Waals surface area contributed by atoms with Crippen LogP contribution in [0.3, 0.4) is 0 Å². The van der Waals surface area contributed by atoms with Crippen LogP contribution in [0.5, 0.6) is 0 Å². The Bertz CT molecular complexity index is 588. The molecule has 0 spiro atoms. The van der Waals surface area contributed by atoms with E-state index in [2.05, 4.69) is 5.32 Å². The average molecular weight is 284 g/mol. The fourth-order valence-electron chi connectivity index (χ4n) is 3.85. The lowest BCUT2D eigenvalue weighted by atomic mass is 10.0. The highest BCUT2D eigenvalue weighted by Gasteiger charge is 2.47. The number of anilines is 2. The first-order valence-corrected chi connectivity index (χ1v) is 7.92. The van der Waals surface area contributed by atoms with Gasteiger partial charge < -0.3 is 10.2 Å². The second-order valence-electron chi connectivity index (χ2n) is 6.61. The van der Waals surface area contributed by atoms with Gasteiger partial charge in [-0.2, -0.15) is 0 Å². The third-order valence-corrected chi connectivity index (χ3v) is 5.11. The third kappa shape index (κ3) is 2.43. The molecule has 21 heavy (non-hydrogen) atoms. The molecule has 1 aromatic carbocycles. The molecule has 1 saturated heterocycles. The molecule has 4 nitrogen and oxygen atoms in total. The van der Waals surface area contributed by atoms with Crippen LogP contribution in [-0.4, -0.2) is 18.4 Å². The maximum Gasteiger partial charge on any atom is 0.227 e. The van der Waals surface area contributed by atoms with Gasteiger partial charge in [0.05, 0.1) is 0 Å². The van der Waals surface area contributed by atoms with Crippen LogP contribution in [0.4, 0.5) is 11.4 Å². The molecule has 4 rings (SSSR count). The van der Waals surface area contributed by atoms with E-state index in [1.54, 1.807) is 4.90 Å². The van der Waals surface area contributed by atoms with Crippen molar-refractivity contribution >= 4 is 23.2 Å². The molecule has 110 valence electrons. The summed E-state index contributed by atoms with van der Waals surface area (Å²) in [6.45, 7) is 0.780. The van der Waals surface area contributed by atoms with Crippen molar-refractivity contribution in [1.82, 2.24) is 0 Å². The van der Waals surface area contributed by atoms with Crippen LogP contribution in [0, 0.1) is 17.8 Å². The number of nitrogens with zero attached hydrogens (tertiary/aromatic N) is 1. The second kappa shape index (κ2) is 4.86. The number of carbonyl (C=O) groups is 2. The molecule has 2 saturated carbocycles. The number of hydrogen-bond donors (Lipinski definition) is 1. The van der Waals surface area contributed by atoms with E-state index in [-0.39, 0.29) is 17.7 Å². The van der Waals surface area contributed by atoms with Crippen LogP contribution in [0.2, 0.25) is 0 Å². The molecule has 2 unspecified atom stereocenters. The van der Waals surface area contributed by atoms with Crippen molar-refractivity contribution in [3.8, 4) is 0 Å². The van der Waals surface area contributed by atoms with E-state index < -0.39 is 0 Å². The fraction of sp³-hybridized carbons (Fsp3) is 0.529. The highest BCUT2D eigenvalue weighted by Crippen LogP contribution is 2.54. The molecule has 2 atom stereocenters. The molecule has 3 aliphatic rings. The Balaban J connectivity index is 1.45. The minimum atomic E-state index is 0.145. The third-order valence-electron chi connectivity index (χ3n) is 5.11. The molecule has 0 aromatic heterocycles. The van der Waals surface area contributed by atoms with Gasteiger partial charge in [-0.3, -0.25) is 9.59 Å². The molecule has 1 aliphatic heterocycles. The van der Waals surface area contributed by atoms with Crippen LogP contribution in [0.25, 0.3) is 0 Å². The zero-order valence-corrected chi connectivity index (χ0v) is 12.0. The molecule has 1 aromatic rings. The van der Waals surface area contributed by atoms with Crippen molar-refractivity contribution in [3.05, 3.63) is 24.3 Å². The molecular weight excluding hydrogens is 264 g/mol. The summed E-state index contributed by atoms with van der Waals surface area (Å²) in [7, 11) is 0. The second-order valence-corrected chi connectivity index (χ2v) is 6.61. The number of hydrogen-bond acceptors (Lipinski definition) is 2. The maximum absolute atomic E-state index is 12.3. The number of amides is 2. The standard InChI is InChI=1S/C17H20N2O2/c20-16-5-2-6-19(16)15-4-1-3-14(10-15)18-17(21)13-8-11-7-12(11)9-13/h1,3-4,10-13H,2,5-9H2,(H,18,21). The predicted molar refractivity (Wildman–Crippen MR) is 81.0 cm³/mol. The largest absolute Gasteiger partial charge is 0.326 e. The molecule has 0 bridgehead atoms. The van der Waals surface area contributed by atoms with E-state index in [4.69, 9.17) is 0 Å². The van der Waals surface area contributed by atoms with Crippen LogP contribution in [0.1, 0.15) is 32.1 Å². The Morgan fingerprint density at radius 2 is 2.00 bits per heavy atom. The smallest absolute Gasteiger partial charge is 0.227 e. The summed E-state index contributed by atoms with van der Waals surface area (Å²) in [6.07, 6.45) is 4.99. The van der Waals surface area contributed by atoms with Gasteiger partial charge in [0.25, 0.3) is 0 Å². The lowest BCUT2D eigenvalue weighted by Gasteiger charge is -2.17. The number of rotatable bonds is 3. The average Bonchev–Trinajstić information content (AvgIpc) is 2.89. The molecule has 1 N–H and O–H groups in total. The Morgan fingerprint density at radius 3 is 2.71 bits per heavy atom. The topological polar surface area (TPSA) is 49.4 Å². The monoisotopic (exact) mass is 284 g/mol. The summed E-state index contributed by atoms with van der Waals surface area (Å²) < 4.78 is 0. The Labute approximate surface area is 124 Å².